The Hall–Kier alpha value is -1.13. The number of aliphatic hydroxyl groups excluding tert-OH is 1. The third-order valence-corrected chi connectivity index (χ3v) is 2.79. The molecule has 1 aromatic carbocycles. The van der Waals surface area contributed by atoms with Crippen LogP contribution in [-0.4, -0.2) is 24.8 Å². The van der Waals surface area contributed by atoms with Crippen molar-refractivity contribution in [2.75, 3.05) is 24.6 Å². The molecule has 4 heteroatoms. The highest BCUT2D eigenvalue weighted by atomic mass is 19.1. The number of nitrogens with zero attached hydrogens (tertiary/aromatic N) is 1. The summed E-state index contributed by atoms with van der Waals surface area (Å²) in [6, 6.07) is 4.66. The van der Waals surface area contributed by atoms with Gasteiger partial charge in [0.2, 0.25) is 0 Å². The summed E-state index contributed by atoms with van der Waals surface area (Å²) in [5.41, 5.74) is 7.20. The molecule has 3 nitrogen and oxygen atoms in total. The lowest BCUT2D eigenvalue weighted by molar-refractivity contribution is 0.289. The zero-order valence-corrected chi connectivity index (χ0v) is 10.5. The molecule has 0 aliphatic rings. The molecule has 3 N–H and O–H groups in total. The van der Waals surface area contributed by atoms with Gasteiger partial charge < -0.3 is 15.7 Å². The van der Waals surface area contributed by atoms with E-state index in [0.29, 0.717) is 18.5 Å². The maximum Gasteiger partial charge on any atom is 0.130 e. The van der Waals surface area contributed by atoms with Crippen LogP contribution in [-0.2, 0) is 0 Å². The number of nitrogens with two attached hydrogens (primary N) is 1. The van der Waals surface area contributed by atoms with Crippen LogP contribution in [0.25, 0.3) is 0 Å². The van der Waals surface area contributed by atoms with Crippen molar-refractivity contribution in [3.8, 4) is 0 Å². The number of rotatable bonds is 6. The van der Waals surface area contributed by atoms with Gasteiger partial charge in [0.1, 0.15) is 5.82 Å². The van der Waals surface area contributed by atoms with Crippen LogP contribution < -0.4 is 10.6 Å². The van der Waals surface area contributed by atoms with Crippen molar-refractivity contribution in [2.45, 2.75) is 26.3 Å². The third kappa shape index (κ3) is 3.41. The molecule has 17 heavy (non-hydrogen) atoms. The topological polar surface area (TPSA) is 49.5 Å². The van der Waals surface area contributed by atoms with Crippen LogP contribution in [0.2, 0.25) is 0 Å². The van der Waals surface area contributed by atoms with Gasteiger partial charge in [-0.05, 0) is 32.4 Å². The summed E-state index contributed by atoms with van der Waals surface area (Å²) in [6.45, 7) is 5.40. The predicted molar refractivity (Wildman–Crippen MR) is 68.6 cm³/mol. The van der Waals surface area contributed by atoms with E-state index in [-0.39, 0.29) is 18.5 Å². The molecule has 0 saturated heterocycles. The number of aliphatic hydroxyl groups is 1. The van der Waals surface area contributed by atoms with Gasteiger partial charge >= 0.3 is 0 Å². The molecule has 0 aliphatic carbocycles. The Morgan fingerprint density at radius 3 is 2.71 bits per heavy atom. The lowest BCUT2D eigenvalue weighted by Crippen LogP contribution is -2.27. The first kappa shape index (κ1) is 13.9. The summed E-state index contributed by atoms with van der Waals surface area (Å²) in [7, 11) is 0. The summed E-state index contributed by atoms with van der Waals surface area (Å²) in [5.74, 6) is -0.264. The molecule has 1 aromatic rings. The van der Waals surface area contributed by atoms with Gasteiger partial charge in [0.15, 0.2) is 0 Å². The second kappa shape index (κ2) is 6.57. The van der Waals surface area contributed by atoms with Gasteiger partial charge in [-0.15, -0.1) is 0 Å². The molecule has 0 spiro atoms. The SMILES string of the molecule is CCN(CCCO)c1cccc(F)c1C(C)N. The Bertz CT molecular complexity index is 355. The number of benzene rings is 1. The number of halogens is 1. The summed E-state index contributed by atoms with van der Waals surface area (Å²) < 4.78 is 13.8. The Labute approximate surface area is 102 Å². The molecule has 0 saturated carbocycles. The maximum atomic E-state index is 13.8. The van der Waals surface area contributed by atoms with E-state index < -0.39 is 0 Å². The minimum Gasteiger partial charge on any atom is -0.396 e. The number of hydrogen-bond donors (Lipinski definition) is 2. The molecule has 0 radical (unpaired) electrons. The standard InChI is InChI=1S/C13H21FN2O/c1-3-16(8-5-9-17)12-7-4-6-11(14)13(12)10(2)15/h4,6-7,10,17H,3,5,8-9,15H2,1-2H3. The molecule has 0 heterocycles. The fourth-order valence-electron chi connectivity index (χ4n) is 1.96. The van der Waals surface area contributed by atoms with Gasteiger partial charge in [-0.3, -0.25) is 0 Å². The lowest BCUT2D eigenvalue weighted by atomic mass is 10.0. The molecule has 0 aromatic heterocycles. The fraction of sp³-hybridized carbons (Fsp3) is 0.538. The van der Waals surface area contributed by atoms with Gasteiger partial charge in [-0.25, -0.2) is 4.39 Å². The van der Waals surface area contributed by atoms with Gasteiger partial charge in [-0.2, -0.15) is 0 Å². The first-order valence-corrected chi connectivity index (χ1v) is 6.01. The Morgan fingerprint density at radius 2 is 2.18 bits per heavy atom. The fourth-order valence-corrected chi connectivity index (χ4v) is 1.96. The molecule has 1 atom stereocenters. The highest BCUT2D eigenvalue weighted by Gasteiger charge is 2.16. The first-order chi connectivity index (χ1) is 8.11. The molecular formula is C13H21FN2O. The van der Waals surface area contributed by atoms with E-state index in [9.17, 15) is 4.39 Å². The second-order valence-electron chi connectivity index (χ2n) is 4.12. The van der Waals surface area contributed by atoms with E-state index in [1.54, 1.807) is 13.0 Å². The van der Waals surface area contributed by atoms with Gasteiger partial charge in [0.25, 0.3) is 0 Å². The smallest absolute Gasteiger partial charge is 0.130 e. The molecule has 96 valence electrons. The van der Waals surface area contributed by atoms with Crippen LogP contribution in [0.5, 0.6) is 0 Å². The summed E-state index contributed by atoms with van der Waals surface area (Å²) in [5, 5.41) is 8.87. The highest BCUT2D eigenvalue weighted by molar-refractivity contribution is 5.55. The molecular weight excluding hydrogens is 219 g/mol. The van der Waals surface area contributed by atoms with Crippen molar-refractivity contribution in [1.29, 1.82) is 0 Å². The Balaban J connectivity index is 3.05. The lowest BCUT2D eigenvalue weighted by Gasteiger charge is -2.27. The second-order valence-corrected chi connectivity index (χ2v) is 4.12. The van der Waals surface area contributed by atoms with E-state index in [1.165, 1.54) is 6.07 Å². The van der Waals surface area contributed by atoms with Crippen molar-refractivity contribution in [3.05, 3.63) is 29.6 Å². The zero-order chi connectivity index (χ0) is 12.8. The predicted octanol–water partition coefficient (Wildman–Crippen LogP) is 2.05. The quantitative estimate of drug-likeness (QED) is 0.800. The molecule has 0 aliphatic heterocycles. The Kier molecular flexibility index (Phi) is 5.38. The molecule has 1 rings (SSSR count). The van der Waals surface area contributed by atoms with Crippen LogP contribution in [0.3, 0.4) is 0 Å². The van der Waals surface area contributed by atoms with E-state index in [1.807, 2.05) is 17.9 Å². The minimum atomic E-state index is -0.339. The summed E-state index contributed by atoms with van der Waals surface area (Å²) >= 11 is 0. The minimum absolute atomic E-state index is 0.138. The van der Waals surface area contributed by atoms with Gasteiger partial charge in [0, 0.05) is 37.0 Å². The van der Waals surface area contributed by atoms with E-state index in [4.69, 9.17) is 10.8 Å². The van der Waals surface area contributed by atoms with Gasteiger partial charge in [-0.1, -0.05) is 6.07 Å². The largest absolute Gasteiger partial charge is 0.396 e. The van der Waals surface area contributed by atoms with Crippen molar-refractivity contribution >= 4 is 5.69 Å². The van der Waals surface area contributed by atoms with Crippen molar-refractivity contribution < 1.29 is 9.50 Å². The zero-order valence-electron chi connectivity index (χ0n) is 10.5. The third-order valence-electron chi connectivity index (χ3n) is 2.79. The van der Waals surface area contributed by atoms with Crippen molar-refractivity contribution in [3.63, 3.8) is 0 Å². The molecule has 1 unspecified atom stereocenters. The van der Waals surface area contributed by atoms with Crippen LogP contribution >= 0.6 is 0 Å². The normalized spacial score (nSPS) is 12.5. The van der Waals surface area contributed by atoms with Crippen molar-refractivity contribution in [1.82, 2.24) is 0 Å². The number of hydrogen-bond acceptors (Lipinski definition) is 3. The van der Waals surface area contributed by atoms with Crippen LogP contribution in [0, 0.1) is 5.82 Å². The Morgan fingerprint density at radius 1 is 1.47 bits per heavy atom. The van der Waals surface area contributed by atoms with E-state index >= 15 is 0 Å². The summed E-state index contributed by atoms with van der Waals surface area (Å²) in [4.78, 5) is 2.04. The number of anilines is 1. The molecule has 0 amide bonds. The summed E-state index contributed by atoms with van der Waals surface area (Å²) in [6.07, 6.45) is 0.669. The average Bonchev–Trinajstić information content (AvgIpc) is 2.29. The average molecular weight is 240 g/mol. The van der Waals surface area contributed by atoms with Crippen LogP contribution in [0.1, 0.15) is 31.9 Å². The van der Waals surface area contributed by atoms with E-state index in [2.05, 4.69) is 0 Å². The molecule has 0 fully saturated rings. The highest BCUT2D eigenvalue weighted by Crippen LogP contribution is 2.27. The first-order valence-electron chi connectivity index (χ1n) is 6.01. The van der Waals surface area contributed by atoms with E-state index in [0.717, 1.165) is 12.2 Å². The molecule has 0 bridgehead atoms. The van der Waals surface area contributed by atoms with Gasteiger partial charge in [0.05, 0.1) is 0 Å². The van der Waals surface area contributed by atoms with Crippen molar-refractivity contribution in [2.24, 2.45) is 5.73 Å². The van der Waals surface area contributed by atoms with Crippen LogP contribution in [0.15, 0.2) is 18.2 Å². The maximum absolute atomic E-state index is 13.8. The van der Waals surface area contributed by atoms with Crippen LogP contribution in [0.4, 0.5) is 10.1 Å². The monoisotopic (exact) mass is 240 g/mol.